The van der Waals surface area contributed by atoms with Crippen LogP contribution in [0, 0.1) is 12.8 Å². The Balaban J connectivity index is 2.65. The van der Waals surface area contributed by atoms with Gasteiger partial charge < -0.3 is 11.1 Å². The van der Waals surface area contributed by atoms with E-state index in [2.05, 4.69) is 23.5 Å². The van der Waals surface area contributed by atoms with Crippen molar-refractivity contribution >= 4 is 22.4 Å². The summed E-state index contributed by atoms with van der Waals surface area (Å²) in [4.78, 5) is 11.1. The highest BCUT2D eigenvalue weighted by molar-refractivity contribution is 7.10. The van der Waals surface area contributed by atoms with Crippen LogP contribution in [-0.2, 0) is 0 Å². The molecule has 1 amide bonds. The molecular weight excluding hydrogens is 210 g/mol. The highest BCUT2D eigenvalue weighted by Gasteiger charge is 2.14. The Labute approximate surface area is 94.0 Å². The molecule has 15 heavy (non-hydrogen) atoms. The monoisotopic (exact) mass is 227 g/mol. The molecular formula is C10H17N3OS. The van der Waals surface area contributed by atoms with E-state index in [4.69, 9.17) is 5.73 Å². The summed E-state index contributed by atoms with van der Waals surface area (Å²) in [6.07, 6.45) is 1.06. The van der Waals surface area contributed by atoms with Crippen LogP contribution < -0.4 is 11.1 Å². The number of nitrogens with two attached hydrogens (primary N) is 1. The van der Waals surface area contributed by atoms with E-state index in [-0.39, 0.29) is 0 Å². The van der Waals surface area contributed by atoms with Crippen molar-refractivity contribution in [2.24, 2.45) is 11.7 Å². The zero-order valence-electron chi connectivity index (χ0n) is 9.33. The lowest BCUT2D eigenvalue weighted by Gasteiger charge is -2.06. The second-order valence-corrected chi connectivity index (χ2v) is 4.72. The third kappa shape index (κ3) is 3.20. The lowest BCUT2D eigenvalue weighted by atomic mass is 10.1. The van der Waals surface area contributed by atoms with Crippen LogP contribution in [0.25, 0.3) is 0 Å². The van der Waals surface area contributed by atoms with Gasteiger partial charge in [-0.25, -0.2) is 0 Å². The average molecular weight is 227 g/mol. The number of carbonyl (C=O) groups is 1. The number of carbonyl (C=O) groups excluding carboxylic acids is 1. The summed E-state index contributed by atoms with van der Waals surface area (Å²) in [5.41, 5.74) is 6.52. The minimum Gasteiger partial charge on any atom is -0.375 e. The minimum absolute atomic E-state index is 0.409. The Morgan fingerprint density at radius 1 is 1.60 bits per heavy atom. The SMILES string of the molecule is Cc1nsc(NCCC(C)C)c1C(N)=O. The maximum absolute atomic E-state index is 11.1. The van der Waals surface area contributed by atoms with Crippen molar-refractivity contribution < 1.29 is 4.79 Å². The smallest absolute Gasteiger partial charge is 0.253 e. The fourth-order valence-corrected chi connectivity index (χ4v) is 2.08. The lowest BCUT2D eigenvalue weighted by Crippen LogP contribution is -2.14. The molecule has 0 spiro atoms. The minimum atomic E-state index is -0.409. The van der Waals surface area contributed by atoms with Gasteiger partial charge >= 0.3 is 0 Å². The van der Waals surface area contributed by atoms with Gasteiger partial charge in [-0.2, -0.15) is 4.37 Å². The summed E-state index contributed by atoms with van der Waals surface area (Å²) < 4.78 is 4.11. The van der Waals surface area contributed by atoms with Crippen LogP contribution in [-0.4, -0.2) is 16.8 Å². The summed E-state index contributed by atoms with van der Waals surface area (Å²) >= 11 is 1.29. The Morgan fingerprint density at radius 2 is 2.27 bits per heavy atom. The van der Waals surface area contributed by atoms with E-state index in [0.717, 1.165) is 18.0 Å². The van der Waals surface area contributed by atoms with Gasteiger partial charge in [-0.15, -0.1) is 0 Å². The number of nitrogens with one attached hydrogen (secondary N) is 1. The molecule has 0 radical (unpaired) electrons. The predicted molar refractivity (Wildman–Crippen MR) is 63.3 cm³/mol. The molecule has 0 aliphatic rings. The van der Waals surface area contributed by atoms with E-state index in [1.54, 1.807) is 6.92 Å². The first-order chi connectivity index (χ1) is 7.02. The van der Waals surface area contributed by atoms with Crippen molar-refractivity contribution in [3.8, 4) is 0 Å². The van der Waals surface area contributed by atoms with E-state index < -0.39 is 5.91 Å². The van der Waals surface area contributed by atoms with Gasteiger partial charge in [0.15, 0.2) is 0 Å². The summed E-state index contributed by atoms with van der Waals surface area (Å²) in [5, 5.41) is 3.99. The molecule has 5 heteroatoms. The van der Waals surface area contributed by atoms with Gasteiger partial charge in [0.25, 0.3) is 5.91 Å². The summed E-state index contributed by atoms with van der Waals surface area (Å²) in [5.74, 6) is 0.233. The summed E-state index contributed by atoms with van der Waals surface area (Å²) in [7, 11) is 0. The van der Waals surface area contributed by atoms with E-state index >= 15 is 0 Å². The standard InChI is InChI=1S/C10H17N3OS/c1-6(2)4-5-12-10-8(9(11)14)7(3)13-15-10/h6,12H,4-5H2,1-3H3,(H2,11,14). The fraction of sp³-hybridized carbons (Fsp3) is 0.600. The molecule has 3 N–H and O–H groups in total. The molecule has 0 saturated carbocycles. The molecule has 1 heterocycles. The largest absolute Gasteiger partial charge is 0.375 e. The van der Waals surface area contributed by atoms with E-state index in [9.17, 15) is 4.79 Å². The molecule has 84 valence electrons. The first-order valence-corrected chi connectivity index (χ1v) is 5.79. The van der Waals surface area contributed by atoms with Crippen LogP contribution >= 0.6 is 11.5 Å². The molecule has 4 nitrogen and oxygen atoms in total. The van der Waals surface area contributed by atoms with E-state index in [0.29, 0.717) is 17.2 Å². The third-order valence-corrected chi connectivity index (χ3v) is 3.01. The van der Waals surface area contributed by atoms with Crippen LogP contribution in [0.3, 0.4) is 0 Å². The van der Waals surface area contributed by atoms with Gasteiger partial charge in [0.2, 0.25) is 0 Å². The number of amides is 1. The summed E-state index contributed by atoms with van der Waals surface area (Å²) in [6, 6.07) is 0. The van der Waals surface area contributed by atoms with Crippen LogP contribution in [0.2, 0.25) is 0 Å². The Kier molecular flexibility index (Phi) is 4.08. The predicted octanol–water partition coefficient (Wildman–Crippen LogP) is 2.01. The zero-order valence-corrected chi connectivity index (χ0v) is 10.1. The zero-order chi connectivity index (χ0) is 11.4. The van der Waals surface area contributed by atoms with Crippen molar-refractivity contribution in [2.45, 2.75) is 27.2 Å². The Bertz CT molecular complexity index is 346. The van der Waals surface area contributed by atoms with Crippen LogP contribution in [0.1, 0.15) is 36.3 Å². The number of anilines is 1. The Hall–Kier alpha value is -1.10. The number of nitrogens with zero attached hydrogens (tertiary/aromatic N) is 1. The van der Waals surface area contributed by atoms with Gasteiger partial charge in [-0.3, -0.25) is 4.79 Å². The van der Waals surface area contributed by atoms with Gasteiger partial charge in [0, 0.05) is 6.54 Å². The molecule has 1 rings (SSSR count). The van der Waals surface area contributed by atoms with Crippen molar-refractivity contribution in [3.05, 3.63) is 11.3 Å². The van der Waals surface area contributed by atoms with Crippen molar-refractivity contribution in [1.82, 2.24) is 4.37 Å². The molecule has 0 aliphatic carbocycles. The first kappa shape index (κ1) is 12.0. The van der Waals surface area contributed by atoms with E-state index in [1.807, 2.05) is 0 Å². The van der Waals surface area contributed by atoms with Crippen molar-refractivity contribution in [1.29, 1.82) is 0 Å². The molecule has 0 aromatic carbocycles. The van der Waals surface area contributed by atoms with Crippen molar-refractivity contribution in [3.63, 3.8) is 0 Å². The number of aryl methyl sites for hydroxylation is 1. The molecule has 1 aromatic heterocycles. The molecule has 0 saturated heterocycles. The quantitative estimate of drug-likeness (QED) is 0.808. The fourth-order valence-electron chi connectivity index (χ4n) is 1.25. The normalized spacial score (nSPS) is 10.7. The number of rotatable bonds is 5. The van der Waals surface area contributed by atoms with Gasteiger partial charge in [-0.1, -0.05) is 13.8 Å². The summed E-state index contributed by atoms with van der Waals surface area (Å²) in [6.45, 7) is 6.97. The highest BCUT2D eigenvalue weighted by atomic mass is 32.1. The molecule has 0 bridgehead atoms. The van der Waals surface area contributed by atoms with Gasteiger partial charge in [-0.05, 0) is 30.8 Å². The number of hydrogen-bond acceptors (Lipinski definition) is 4. The number of hydrogen-bond donors (Lipinski definition) is 2. The van der Waals surface area contributed by atoms with E-state index in [1.165, 1.54) is 11.5 Å². The van der Waals surface area contributed by atoms with Crippen LogP contribution in [0.5, 0.6) is 0 Å². The maximum atomic E-state index is 11.1. The lowest BCUT2D eigenvalue weighted by molar-refractivity contribution is 0.100. The second-order valence-electron chi connectivity index (χ2n) is 3.95. The van der Waals surface area contributed by atoms with Crippen molar-refractivity contribution in [2.75, 3.05) is 11.9 Å². The second kappa shape index (κ2) is 5.11. The first-order valence-electron chi connectivity index (χ1n) is 5.02. The molecule has 0 fully saturated rings. The van der Waals surface area contributed by atoms with Crippen LogP contribution in [0.4, 0.5) is 5.00 Å². The number of primary amides is 1. The third-order valence-electron chi connectivity index (χ3n) is 2.12. The topological polar surface area (TPSA) is 68.0 Å². The average Bonchev–Trinajstić information content (AvgIpc) is 2.46. The van der Waals surface area contributed by atoms with Crippen LogP contribution in [0.15, 0.2) is 0 Å². The molecule has 0 unspecified atom stereocenters. The van der Waals surface area contributed by atoms with Gasteiger partial charge in [0.05, 0.1) is 11.3 Å². The molecule has 1 aromatic rings. The Morgan fingerprint density at radius 3 is 2.80 bits per heavy atom. The maximum Gasteiger partial charge on any atom is 0.253 e. The highest BCUT2D eigenvalue weighted by Crippen LogP contribution is 2.23. The molecule has 0 aliphatic heterocycles. The molecule has 0 atom stereocenters. The number of aromatic nitrogens is 1. The van der Waals surface area contributed by atoms with Gasteiger partial charge in [0.1, 0.15) is 5.00 Å².